The van der Waals surface area contributed by atoms with Crippen LogP contribution in [0, 0.1) is 6.01 Å². The second-order valence-corrected chi connectivity index (χ2v) is 5.61. The zero-order valence-corrected chi connectivity index (χ0v) is 11.6. The standard InChI is InChI=1S/C20H11FO/c21-20-11-18-16-6-5-14-9-12-3-1-2-4-13(12)10-17(14)15(16)7-8-19(18)22-20/h1-11H. The molecule has 0 N–H and O–H groups in total. The van der Waals surface area contributed by atoms with Crippen molar-refractivity contribution in [2.24, 2.45) is 0 Å². The van der Waals surface area contributed by atoms with E-state index in [1.165, 1.54) is 27.6 Å². The fourth-order valence-corrected chi connectivity index (χ4v) is 3.32. The number of benzene rings is 4. The average molecular weight is 286 g/mol. The van der Waals surface area contributed by atoms with Crippen LogP contribution in [0.2, 0.25) is 0 Å². The lowest BCUT2D eigenvalue weighted by Crippen LogP contribution is -1.80. The number of fused-ring (bicyclic) bond motifs is 6. The van der Waals surface area contributed by atoms with Crippen molar-refractivity contribution < 1.29 is 8.81 Å². The van der Waals surface area contributed by atoms with E-state index in [0.717, 1.165) is 16.2 Å². The van der Waals surface area contributed by atoms with Crippen molar-refractivity contribution >= 4 is 43.3 Å². The molecule has 0 fully saturated rings. The van der Waals surface area contributed by atoms with Gasteiger partial charge in [0.05, 0.1) is 0 Å². The summed E-state index contributed by atoms with van der Waals surface area (Å²) in [5, 5.41) is 7.77. The lowest BCUT2D eigenvalue weighted by Gasteiger charge is -2.07. The van der Waals surface area contributed by atoms with Crippen molar-refractivity contribution in [2.45, 2.75) is 0 Å². The molecule has 0 aliphatic heterocycles. The van der Waals surface area contributed by atoms with Gasteiger partial charge in [-0.1, -0.05) is 42.5 Å². The van der Waals surface area contributed by atoms with Crippen molar-refractivity contribution in [3.63, 3.8) is 0 Å². The molecule has 1 nitrogen and oxygen atoms in total. The normalized spacial score (nSPS) is 11.9. The van der Waals surface area contributed by atoms with Gasteiger partial charge in [0, 0.05) is 11.5 Å². The Labute approximate surface area is 125 Å². The molecule has 1 heterocycles. The molecule has 22 heavy (non-hydrogen) atoms. The van der Waals surface area contributed by atoms with Crippen LogP contribution in [0.25, 0.3) is 43.3 Å². The van der Waals surface area contributed by atoms with Crippen molar-refractivity contribution in [1.82, 2.24) is 0 Å². The average Bonchev–Trinajstić information content (AvgIpc) is 2.93. The van der Waals surface area contributed by atoms with Crippen LogP contribution in [-0.2, 0) is 0 Å². The van der Waals surface area contributed by atoms with Gasteiger partial charge in [0.2, 0.25) is 0 Å². The highest BCUT2D eigenvalue weighted by Gasteiger charge is 2.09. The number of furan rings is 1. The molecule has 0 unspecified atom stereocenters. The van der Waals surface area contributed by atoms with Crippen LogP contribution in [0.15, 0.2) is 71.1 Å². The summed E-state index contributed by atoms with van der Waals surface area (Å²) in [7, 11) is 0. The molecular weight excluding hydrogens is 275 g/mol. The van der Waals surface area contributed by atoms with Gasteiger partial charge in [0.15, 0.2) is 0 Å². The first-order valence-corrected chi connectivity index (χ1v) is 7.23. The van der Waals surface area contributed by atoms with E-state index in [-0.39, 0.29) is 0 Å². The van der Waals surface area contributed by atoms with Gasteiger partial charge in [0.25, 0.3) is 6.01 Å². The van der Waals surface area contributed by atoms with Crippen molar-refractivity contribution in [2.75, 3.05) is 0 Å². The summed E-state index contributed by atoms with van der Waals surface area (Å²) in [6, 6.07) is 21.6. The number of rotatable bonds is 0. The van der Waals surface area contributed by atoms with E-state index in [2.05, 4.69) is 30.3 Å². The van der Waals surface area contributed by atoms with E-state index >= 15 is 0 Å². The number of halogens is 1. The summed E-state index contributed by atoms with van der Waals surface area (Å²) < 4.78 is 18.5. The largest absolute Gasteiger partial charge is 0.431 e. The Morgan fingerprint density at radius 3 is 2.18 bits per heavy atom. The fraction of sp³-hybridized carbons (Fsp3) is 0. The third-order valence-corrected chi connectivity index (χ3v) is 4.35. The maximum Gasteiger partial charge on any atom is 0.278 e. The monoisotopic (exact) mass is 286 g/mol. The van der Waals surface area contributed by atoms with Crippen LogP contribution < -0.4 is 0 Å². The summed E-state index contributed by atoms with van der Waals surface area (Å²) in [6.45, 7) is 0. The minimum absolute atomic E-state index is 0.541. The molecule has 0 saturated heterocycles. The molecular formula is C20H11FO. The first-order valence-electron chi connectivity index (χ1n) is 7.23. The zero-order chi connectivity index (χ0) is 14.7. The predicted octanol–water partition coefficient (Wildman–Crippen LogP) is 6.03. The lowest BCUT2D eigenvalue weighted by molar-refractivity contribution is 0.381. The van der Waals surface area contributed by atoms with Gasteiger partial charge in [-0.3, -0.25) is 0 Å². The van der Waals surface area contributed by atoms with Crippen LogP contribution in [-0.4, -0.2) is 0 Å². The van der Waals surface area contributed by atoms with Crippen molar-refractivity contribution in [3.05, 3.63) is 72.7 Å². The van der Waals surface area contributed by atoms with E-state index in [1.54, 1.807) is 0 Å². The number of hydrogen-bond acceptors (Lipinski definition) is 1. The van der Waals surface area contributed by atoms with Gasteiger partial charge in [-0.15, -0.1) is 0 Å². The minimum atomic E-state index is -0.541. The highest BCUT2D eigenvalue weighted by atomic mass is 19.1. The maximum absolute atomic E-state index is 13.4. The SMILES string of the molecule is Fc1cc2c(ccc3c4cc5ccccc5cc4ccc23)o1. The van der Waals surface area contributed by atoms with Gasteiger partial charge in [-0.2, -0.15) is 4.39 Å². The second-order valence-electron chi connectivity index (χ2n) is 5.61. The Hall–Kier alpha value is -2.87. The fourth-order valence-electron chi connectivity index (χ4n) is 3.32. The van der Waals surface area contributed by atoms with Crippen LogP contribution in [0.3, 0.4) is 0 Å². The molecule has 0 bridgehead atoms. The van der Waals surface area contributed by atoms with Crippen LogP contribution in [0.5, 0.6) is 0 Å². The molecule has 104 valence electrons. The van der Waals surface area contributed by atoms with Crippen molar-refractivity contribution in [3.8, 4) is 0 Å². The van der Waals surface area contributed by atoms with Gasteiger partial charge in [-0.05, 0) is 50.5 Å². The van der Waals surface area contributed by atoms with Crippen LogP contribution >= 0.6 is 0 Å². The third-order valence-electron chi connectivity index (χ3n) is 4.35. The quantitative estimate of drug-likeness (QED) is 0.250. The highest BCUT2D eigenvalue weighted by molar-refractivity contribution is 6.18. The summed E-state index contributed by atoms with van der Waals surface area (Å²) in [5.74, 6) is 0. The topological polar surface area (TPSA) is 13.1 Å². The summed E-state index contributed by atoms with van der Waals surface area (Å²) in [5.41, 5.74) is 0.588. The first kappa shape index (κ1) is 11.8. The summed E-state index contributed by atoms with van der Waals surface area (Å²) in [6.07, 6.45) is 0. The molecule has 0 aliphatic carbocycles. The van der Waals surface area contributed by atoms with Gasteiger partial charge >= 0.3 is 0 Å². The predicted molar refractivity (Wildman–Crippen MR) is 88.7 cm³/mol. The first-order chi connectivity index (χ1) is 10.8. The van der Waals surface area contributed by atoms with E-state index in [9.17, 15) is 4.39 Å². The Balaban J connectivity index is 2.01. The van der Waals surface area contributed by atoms with Gasteiger partial charge in [-0.25, -0.2) is 0 Å². The smallest absolute Gasteiger partial charge is 0.278 e. The zero-order valence-electron chi connectivity index (χ0n) is 11.6. The van der Waals surface area contributed by atoms with E-state index in [4.69, 9.17) is 4.42 Å². The molecule has 2 heteroatoms. The second kappa shape index (κ2) is 4.08. The molecule has 4 aromatic carbocycles. The summed E-state index contributed by atoms with van der Waals surface area (Å²) >= 11 is 0. The molecule has 1 aromatic heterocycles. The molecule has 0 aliphatic rings. The van der Waals surface area contributed by atoms with E-state index in [0.29, 0.717) is 5.58 Å². The molecule has 5 aromatic rings. The van der Waals surface area contributed by atoms with Crippen LogP contribution in [0.4, 0.5) is 4.39 Å². The Morgan fingerprint density at radius 1 is 0.591 bits per heavy atom. The lowest BCUT2D eigenvalue weighted by atomic mass is 9.97. The molecule has 0 spiro atoms. The molecule has 0 atom stereocenters. The maximum atomic E-state index is 13.4. The van der Waals surface area contributed by atoms with Gasteiger partial charge < -0.3 is 4.42 Å². The Bertz CT molecular complexity index is 1180. The minimum Gasteiger partial charge on any atom is -0.431 e. The highest BCUT2D eigenvalue weighted by Crippen LogP contribution is 2.34. The molecule has 0 saturated carbocycles. The van der Waals surface area contributed by atoms with Gasteiger partial charge in [0.1, 0.15) is 5.58 Å². The number of hydrogen-bond donors (Lipinski definition) is 0. The van der Waals surface area contributed by atoms with E-state index < -0.39 is 6.01 Å². The third kappa shape index (κ3) is 1.52. The summed E-state index contributed by atoms with van der Waals surface area (Å²) in [4.78, 5) is 0. The van der Waals surface area contributed by atoms with Crippen LogP contribution in [0.1, 0.15) is 0 Å². The molecule has 5 rings (SSSR count). The van der Waals surface area contributed by atoms with E-state index in [1.807, 2.05) is 30.3 Å². The molecule has 0 amide bonds. The molecule has 0 radical (unpaired) electrons. The van der Waals surface area contributed by atoms with Crippen molar-refractivity contribution in [1.29, 1.82) is 0 Å². The Kier molecular flexibility index (Phi) is 2.18. The Morgan fingerprint density at radius 2 is 1.32 bits per heavy atom.